The molecule has 4 aromatic carbocycles. The minimum atomic E-state index is -0.612. The lowest BCUT2D eigenvalue weighted by Crippen LogP contribution is -2.37. The number of carbonyl (C=O) groups excluding carboxylic acids is 1. The number of ether oxygens (including phenoxy) is 2. The van der Waals surface area contributed by atoms with Crippen LogP contribution in [-0.2, 0) is 27.2 Å². The fraction of sp³-hybridized carbons (Fsp3) is 0.439. The minimum Gasteiger partial charge on any atom is -0.508 e. The van der Waals surface area contributed by atoms with E-state index in [-0.39, 0.29) is 41.4 Å². The van der Waals surface area contributed by atoms with Crippen LogP contribution in [0.5, 0.6) is 23.0 Å². The SMILES string of the molecule is CN[C@H](O[C@H]1CC[C@H](O)CSSCc2c(ccc3ccc(O)cc23)-c2c(ccc(O)c2OC)CCC(=O)C1)c1cc(O)cc(C2(NC)CCCC2)c1. The van der Waals surface area contributed by atoms with Crippen LogP contribution in [-0.4, -0.2) is 65.4 Å². The highest BCUT2D eigenvalue weighted by atomic mass is 33.1. The Labute approximate surface area is 313 Å². The van der Waals surface area contributed by atoms with Gasteiger partial charge in [0, 0.05) is 35.4 Å². The number of Topliss-reactive ketones (excluding diaryl/α,β-unsaturated/α-hetero) is 1. The first kappa shape index (κ1) is 38.3. The first-order valence-electron chi connectivity index (χ1n) is 18.1. The number of hydrogen-bond donors (Lipinski definition) is 6. The molecule has 11 heteroatoms. The van der Waals surface area contributed by atoms with E-state index in [4.69, 9.17) is 9.47 Å². The Kier molecular flexibility index (Phi) is 12.6. The van der Waals surface area contributed by atoms with Gasteiger partial charge < -0.3 is 35.2 Å². The zero-order chi connectivity index (χ0) is 36.8. The summed E-state index contributed by atoms with van der Waals surface area (Å²) in [6.07, 6.45) is 4.30. The van der Waals surface area contributed by atoms with Gasteiger partial charge in [-0.2, -0.15) is 0 Å². The highest BCUT2D eigenvalue weighted by Gasteiger charge is 2.35. The number of rotatable bonds is 7. The molecule has 0 saturated heterocycles. The van der Waals surface area contributed by atoms with Gasteiger partial charge in [-0.3, -0.25) is 10.1 Å². The van der Waals surface area contributed by atoms with Crippen molar-refractivity contribution < 1.29 is 34.7 Å². The lowest BCUT2D eigenvalue weighted by Gasteiger charge is -2.31. The monoisotopic (exact) mass is 746 g/mol. The van der Waals surface area contributed by atoms with Gasteiger partial charge in [0.2, 0.25) is 0 Å². The summed E-state index contributed by atoms with van der Waals surface area (Å²) in [6.45, 7) is 0. The lowest BCUT2D eigenvalue weighted by molar-refractivity contribution is -0.124. The standard InChI is InChI=1S/C41H50N2O7S2/c1-42-40(27-18-28(20-32(47)19-27)41(43-2)16-4-5-17-41)50-33-13-12-31(46)23-51-52-24-36-34(14-8-25-6-10-30(45)22-35(25)36)38-26(7-11-29(44)21-33)9-15-37(48)39(38)49-3/h6,8-10,14-15,18-20,22,31,33,40,42-43,45-48H,4-5,7,11-13,16-17,21,23-24H2,1-3H3/t31-,33-,40+/m0/s1. The first-order valence-corrected chi connectivity index (χ1v) is 20.6. The number of fused-ring (bicyclic) bond motifs is 5. The molecule has 0 spiro atoms. The lowest BCUT2D eigenvalue weighted by atomic mass is 9.87. The van der Waals surface area contributed by atoms with Crippen LogP contribution in [0.15, 0.2) is 60.7 Å². The molecule has 1 aliphatic heterocycles. The van der Waals surface area contributed by atoms with E-state index >= 15 is 0 Å². The van der Waals surface area contributed by atoms with Gasteiger partial charge >= 0.3 is 0 Å². The van der Waals surface area contributed by atoms with E-state index in [2.05, 4.69) is 16.7 Å². The van der Waals surface area contributed by atoms with Crippen LogP contribution < -0.4 is 15.4 Å². The second kappa shape index (κ2) is 17.1. The molecule has 4 aromatic rings. The zero-order valence-electron chi connectivity index (χ0n) is 30.1. The third-order valence-corrected chi connectivity index (χ3v) is 13.0. The highest BCUT2D eigenvalue weighted by Crippen LogP contribution is 2.46. The fourth-order valence-corrected chi connectivity index (χ4v) is 10.1. The first-order chi connectivity index (χ1) is 25.1. The van der Waals surface area contributed by atoms with E-state index in [9.17, 15) is 25.2 Å². The number of methoxy groups -OCH3 is 1. The van der Waals surface area contributed by atoms with Crippen LogP contribution >= 0.6 is 21.6 Å². The van der Waals surface area contributed by atoms with Gasteiger partial charge in [-0.1, -0.05) is 58.7 Å². The summed E-state index contributed by atoms with van der Waals surface area (Å²) in [4.78, 5) is 13.8. The second-order valence-electron chi connectivity index (χ2n) is 13.9. The number of hydrogen-bond acceptors (Lipinski definition) is 11. The Balaban J connectivity index is 1.31. The van der Waals surface area contributed by atoms with E-state index in [0.29, 0.717) is 36.5 Å². The molecule has 1 aliphatic carbocycles. The minimum absolute atomic E-state index is 0.00401. The maximum absolute atomic E-state index is 13.8. The average Bonchev–Trinajstić information content (AvgIpc) is 3.64. The molecule has 0 unspecified atom stereocenters. The Morgan fingerprint density at radius 1 is 0.904 bits per heavy atom. The van der Waals surface area contributed by atoms with Crippen LogP contribution in [0.25, 0.3) is 21.9 Å². The van der Waals surface area contributed by atoms with Gasteiger partial charge in [0.05, 0.1) is 19.3 Å². The molecule has 3 atom stereocenters. The van der Waals surface area contributed by atoms with Crippen molar-refractivity contribution >= 4 is 38.1 Å². The van der Waals surface area contributed by atoms with E-state index in [1.807, 2.05) is 37.4 Å². The van der Waals surface area contributed by atoms with Crippen LogP contribution in [0.2, 0.25) is 0 Å². The number of nitrogens with one attached hydrogen (secondary N) is 2. The largest absolute Gasteiger partial charge is 0.508 e. The normalized spacial score (nSPS) is 20.7. The number of carbonyl (C=O) groups is 1. The molecule has 0 bridgehead atoms. The maximum atomic E-state index is 13.8. The third-order valence-electron chi connectivity index (χ3n) is 10.6. The number of benzene rings is 4. The van der Waals surface area contributed by atoms with Gasteiger partial charge in [-0.25, -0.2) is 0 Å². The van der Waals surface area contributed by atoms with Gasteiger partial charge in [-0.15, -0.1) is 0 Å². The molecule has 278 valence electrons. The molecule has 1 saturated carbocycles. The van der Waals surface area contributed by atoms with Crippen molar-refractivity contribution in [2.75, 3.05) is 27.0 Å². The second-order valence-corrected chi connectivity index (χ2v) is 16.5. The fourth-order valence-electron chi connectivity index (χ4n) is 7.85. The third kappa shape index (κ3) is 8.51. The Morgan fingerprint density at radius 2 is 1.69 bits per heavy atom. The smallest absolute Gasteiger partial charge is 0.168 e. The number of aliphatic hydroxyl groups is 1. The van der Waals surface area contributed by atoms with Crippen LogP contribution in [0.3, 0.4) is 0 Å². The Morgan fingerprint density at radius 3 is 2.44 bits per heavy atom. The number of phenols is 3. The van der Waals surface area contributed by atoms with Gasteiger partial charge in [-0.05, 0) is 121 Å². The molecular weight excluding hydrogens is 697 g/mol. The molecule has 0 aromatic heterocycles. The average molecular weight is 747 g/mol. The molecule has 6 N–H and O–H groups in total. The van der Waals surface area contributed by atoms with Crippen molar-refractivity contribution in [3.05, 3.63) is 82.9 Å². The molecule has 6 rings (SSSR count). The molecule has 0 amide bonds. The summed E-state index contributed by atoms with van der Waals surface area (Å²) < 4.78 is 12.4. The van der Waals surface area contributed by atoms with E-state index in [1.54, 1.807) is 52.9 Å². The summed E-state index contributed by atoms with van der Waals surface area (Å²) in [5, 5.41) is 51.9. The zero-order valence-corrected chi connectivity index (χ0v) is 31.7. The molecule has 2 aliphatic rings. The Bertz CT molecular complexity index is 1880. The number of aryl methyl sites for hydroxylation is 1. The summed E-state index contributed by atoms with van der Waals surface area (Å²) in [5.41, 5.74) is 5.02. The summed E-state index contributed by atoms with van der Waals surface area (Å²) in [7, 11) is 8.50. The van der Waals surface area contributed by atoms with Crippen LogP contribution in [0.4, 0.5) is 0 Å². The molecule has 52 heavy (non-hydrogen) atoms. The number of aliphatic hydroxyl groups excluding tert-OH is 1. The van der Waals surface area contributed by atoms with E-state index in [1.165, 1.54) is 7.11 Å². The molecule has 0 radical (unpaired) electrons. The van der Waals surface area contributed by atoms with E-state index in [0.717, 1.165) is 69.8 Å². The van der Waals surface area contributed by atoms with E-state index < -0.39 is 18.4 Å². The van der Waals surface area contributed by atoms with Crippen molar-refractivity contribution in [3.8, 4) is 34.1 Å². The molecular formula is C41H50N2O7S2. The van der Waals surface area contributed by atoms with Crippen molar-refractivity contribution in [2.45, 2.75) is 87.5 Å². The van der Waals surface area contributed by atoms with Crippen LogP contribution in [0, 0.1) is 0 Å². The summed E-state index contributed by atoms with van der Waals surface area (Å²) >= 11 is 0. The number of aromatic hydroxyl groups is 3. The quantitative estimate of drug-likeness (QED) is 0.0814. The highest BCUT2D eigenvalue weighted by molar-refractivity contribution is 8.76. The molecule has 9 nitrogen and oxygen atoms in total. The predicted octanol–water partition coefficient (Wildman–Crippen LogP) is 7.85. The summed E-state index contributed by atoms with van der Waals surface area (Å²) in [5.74, 6) is 1.74. The molecule has 1 fully saturated rings. The summed E-state index contributed by atoms with van der Waals surface area (Å²) in [6, 6.07) is 18.4. The van der Waals surface area contributed by atoms with Gasteiger partial charge in [0.15, 0.2) is 11.5 Å². The van der Waals surface area contributed by atoms with Crippen molar-refractivity contribution in [1.29, 1.82) is 0 Å². The topological polar surface area (TPSA) is 141 Å². The van der Waals surface area contributed by atoms with Crippen molar-refractivity contribution in [1.82, 2.24) is 10.6 Å². The van der Waals surface area contributed by atoms with Gasteiger partial charge in [0.25, 0.3) is 0 Å². The van der Waals surface area contributed by atoms with Gasteiger partial charge in [0.1, 0.15) is 23.5 Å². The number of ketones is 1. The van der Waals surface area contributed by atoms with Crippen molar-refractivity contribution in [3.63, 3.8) is 0 Å². The molecule has 1 heterocycles. The van der Waals surface area contributed by atoms with Crippen LogP contribution in [0.1, 0.15) is 79.8 Å². The number of phenolic OH excluding ortho intramolecular Hbond substituents is 3. The maximum Gasteiger partial charge on any atom is 0.168 e. The Hall–Kier alpha value is -3.45. The predicted molar refractivity (Wildman–Crippen MR) is 210 cm³/mol. The van der Waals surface area contributed by atoms with Crippen molar-refractivity contribution in [2.24, 2.45) is 0 Å².